The van der Waals surface area contributed by atoms with Crippen molar-refractivity contribution in [2.24, 2.45) is 0 Å². The molecule has 0 bridgehead atoms. The topological polar surface area (TPSA) is 79.3 Å². The summed E-state index contributed by atoms with van der Waals surface area (Å²) >= 11 is 14.6. The summed E-state index contributed by atoms with van der Waals surface area (Å²) in [4.78, 5) is 26.8. The van der Waals surface area contributed by atoms with Crippen molar-refractivity contribution >= 4 is 56.7 Å². The molecule has 0 atom stereocenters. The van der Waals surface area contributed by atoms with E-state index in [-0.39, 0.29) is 21.4 Å². The van der Waals surface area contributed by atoms with Gasteiger partial charge in [-0.05, 0) is 30.3 Å². The molecule has 0 aliphatic carbocycles. The number of aromatic nitrogens is 1. The van der Waals surface area contributed by atoms with Crippen LogP contribution in [0.5, 0.6) is 0 Å². The van der Waals surface area contributed by atoms with Gasteiger partial charge in [0, 0.05) is 15.7 Å². The Morgan fingerprint density at radius 2 is 1.67 bits per heavy atom. The first-order valence-electron chi connectivity index (χ1n) is 5.53. The lowest BCUT2D eigenvalue weighted by Crippen LogP contribution is -2.13. The van der Waals surface area contributed by atoms with E-state index < -0.39 is 11.9 Å². The van der Waals surface area contributed by atoms with Crippen LogP contribution in [-0.4, -0.2) is 22.0 Å². The molecule has 0 saturated carbocycles. The van der Waals surface area contributed by atoms with Crippen molar-refractivity contribution in [1.82, 2.24) is 4.98 Å². The van der Waals surface area contributed by atoms with Crippen LogP contribution in [0, 0.1) is 0 Å². The van der Waals surface area contributed by atoms with E-state index >= 15 is 0 Å². The van der Waals surface area contributed by atoms with Gasteiger partial charge in [-0.1, -0.05) is 39.1 Å². The molecular weight excluding hydrogens is 383 g/mol. The average molecular weight is 390 g/mol. The maximum atomic E-state index is 12.1. The van der Waals surface area contributed by atoms with E-state index in [1.165, 1.54) is 24.3 Å². The highest BCUT2D eigenvalue weighted by Gasteiger charge is 2.11. The van der Waals surface area contributed by atoms with Crippen molar-refractivity contribution in [2.45, 2.75) is 0 Å². The predicted octanol–water partition coefficient (Wildman–Crippen LogP) is 4.10. The average Bonchev–Trinajstić information content (AvgIpc) is 2.36. The third kappa shape index (κ3) is 4.17. The first-order chi connectivity index (χ1) is 9.85. The van der Waals surface area contributed by atoms with E-state index in [0.29, 0.717) is 10.2 Å². The van der Waals surface area contributed by atoms with Gasteiger partial charge in [-0.3, -0.25) is 4.79 Å². The quantitative estimate of drug-likeness (QED) is 0.774. The molecular formula is C13H7BrCl2N2O3. The predicted molar refractivity (Wildman–Crippen MR) is 83.3 cm³/mol. The number of nitrogens with zero attached hydrogens (tertiary/aromatic N) is 1. The Hall–Kier alpha value is -1.63. The summed E-state index contributed by atoms with van der Waals surface area (Å²) in [5.41, 5.74) is 0.596. The zero-order valence-electron chi connectivity index (χ0n) is 10.2. The number of carboxylic acids is 1. The summed E-state index contributed by atoms with van der Waals surface area (Å²) < 4.78 is 0.531. The molecule has 2 N–H and O–H groups in total. The van der Waals surface area contributed by atoms with E-state index in [0.717, 1.165) is 0 Å². The van der Waals surface area contributed by atoms with Crippen molar-refractivity contribution in [1.29, 1.82) is 0 Å². The maximum absolute atomic E-state index is 12.1. The van der Waals surface area contributed by atoms with Crippen LogP contribution in [-0.2, 0) is 0 Å². The number of halogens is 3. The number of aromatic carboxylic acids is 1. The first kappa shape index (κ1) is 15.8. The molecule has 108 valence electrons. The van der Waals surface area contributed by atoms with Crippen LogP contribution in [0.15, 0.2) is 34.8 Å². The third-order valence-corrected chi connectivity index (χ3v) is 3.27. The number of amides is 1. The number of carbonyl (C=O) groups excluding carboxylic acids is 1. The SMILES string of the molecule is O=C(O)c1cc(Br)cc(NC(=O)c2cc(Cl)nc(Cl)c2)c1. The molecule has 2 rings (SSSR count). The lowest BCUT2D eigenvalue weighted by Gasteiger charge is -2.07. The van der Waals surface area contributed by atoms with Crippen molar-refractivity contribution < 1.29 is 14.7 Å². The highest BCUT2D eigenvalue weighted by molar-refractivity contribution is 9.10. The number of nitrogens with one attached hydrogen (secondary N) is 1. The fraction of sp³-hybridized carbons (Fsp3) is 0. The number of benzene rings is 1. The normalized spacial score (nSPS) is 10.2. The van der Waals surface area contributed by atoms with Gasteiger partial charge in [0.15, 0.2) is 0 Å². The Bertz CT molecular complexity index is 717. The molecule has 1 aromatic heterocycles. The number of pyridine rings is 1. The zero-order chi connectivity index (χ0) is 15.6. The lowest BCUT2D eigenvalue weighted by atomic mass is 10.2. The van der Waals surface area contributed by atoms with Gasteiger partial charge in [-0.25, -0.2) is 9.78 Å². The van der Waals surface area contributed by atoms with Crippen LogP contribution in [0.4, 0.5) is 5.69 Å². The van der Waals surface area contributed by atoms with Gasteiger partial charge in [0.25, 0.3) is 5.91 Å². The first-order valence-corrected chi connectivity index (χ1v) is 7.08. The van der Waals surface area contributed by atoms with E-state index in [4.69, 9.17) is 28.3 Å². The number of rotatable bonds is 3. The van der Waals surface area contributed by atoms with Crippen LogP contribution >= 0.6 is 39.1 Å². The molecule has 0 radical (unpaired) electrons. The van der Waals surface area contributed by atoms with Gasteiger partial charge in [-0.2, -0.15) is 0 Å². The smallest absolute Gasteiger partial charge is 0.335 e. The number of carbonyl (C=O) groups is 2. The van der Waals surface area contributed by atoms with Crippen molar-refractivity contribution in [2.75, 3.05) is 5.32 Å². The van der Waals surface area contributed by atoms with Crippen molar-refractivity contribution in [3.63, 3.8) is 0 Å². The van der Waals surface area contributed by atoms with E-state index in [2.05, 4.69) is 26.2 Å². The Kier molecular flexibility index (Phi) is 4.82. The number of carboxylic acid groups (broad SMARTS) is 1. The van der Waals surface area contributed by atoms with Gasteiger partial charge in [0.05, 0.1) is 5.56 Å². The van der Waals surface area contributed by atoms with E-state index in [1.807, 2.05) is 0 Å². The second-order valence-corrected chi connectivity index (χ2v) is 5.68. The van der Waals surface area contributed by atoms with Crippen molar-refractivity contribution in [3.05, 3.63) is 56.2 Å². The minimum absolute atomic E-state index is 0.0467. The van der Waals surface area contributed by atoms with Gasteiger partial charge >= 0.3 is 5.97 Å². The Morgan fingerprint density at radius 3 is 2.24 bits per heavy atom. The van der Waals surface area contributed by atoms with Crippen LogP contribution in [0.2, 0.25) is 10.3 Å². The molecule has 21 heavy (non-hydrogen) atoms. The molecule has 0 spiro atoms. The fourth-order valence-electron chi connectivity index (χ4n) is 1.58. The number of hydrogen-bond acceptors (Lipinski definition) is 3. The van der Waals surface area contributed by atoms with Gasteiger partial charge in [0.2, 0.25) is 0 Å². The maximum Gasteiger partial charge on any atom is 0.335 e. The van der Waals surface area contributed by atoms with E-state index in [1.54, 1.807) is 6.07 Å². The van der Waals surface area contributed by atoms with Gasteiger partial charge in [-0.15, -0.1) is 0 Å². The number of anilines is 1. The summed E-state index contributed by atoms with van der Waals surface area (Å²) in [6, 6.07) is 7.07. The minimum atomic E-state index is -1.10. The molecule has 1 heterocycles. The zero-order valence-corrected chi connectivity index (χ0v) is 13.3. The summed E-state index contributed by atoms with van der Waals surface area (Å²) in [6.45, 7) is 0. The second kappa shape index (κ2) is 6.43. The highest BCUT2D eigenvalue weighted by atomic mass is 79.9. The van der Waals surface area contributed by atoms with Crippen LogP contribution in [0.1, 0.15) is 20.7 Å². The molecule has 1 aromatic carbocycles. The third-order valence-electron chi connectivity index (χ3n) is 2.43. The van der Waals surface area contributed by atoms with Crippen LogP contribution in [0.25, 0.3) is 0 Å². The Morgan fingerprint density at radius 1 is 1.05 bits per heavy atom. The summed E-state index contributed by atoms with van der Waals surface area (Å²) in [6.07, 6.45) is 0. The second-order valence-electron chi connectivity index (χ2n) is 3.99. The Balaban J connectivity index is 2.29. The summed E-state index contributed by atoms with van der Waals surface area (Å²) in [7, 11) is 0. The van der Waals surface area contributed by atoms with Crippen molar-refractivity contribution in [3.8, 4) is 0 Å². The van der Waals surface area contributed by atoms with E-state index in [9.17, 15) is 9.59 Å². The van der Waals surface area contributed by atoms with Gasteiger partial charge in [0.1, 0.15) is 10.3 Å². The molecule has 5 nitrogen and oxygen atoms in total. The standard InChI is InChI=1S/C13H7BrCl2N2O3/c14-8-1-7(13(20)21)2-9(5-8)17-12(19)6-3-10(15)18-11(16)4-6/h1-5H,(H,17,19)(H,20,21). The largest absolute Gasteiger partial charge is 0.478 e. The molecule has 0 aliphatic rings. The molecule has 0 saturated heterocycles. The fourth-order valence-corrected chi connectivity index (χ4v) is 2.54. The lowest BCUT2D eigenvalue weighted by molar-refractivity contribution is 0.0696. The molecule has 0 aliphatic heterocycles. The Labute approximate surface area is 138 Å². The summed E-state index contributed by atoms with van der Waals surface area (Å²) in [5.74, 6) is -1.57. The molecule has 0 fully saturated rings. The van der Waals surface area contributed by atoms with Crippen LogP contribution < -0.4 is 5.32 Å². The monoisotopic (exact) mass is 388 g/mol. The molecule has 8 heteroatoms. The highest BCUT2D eigenvalue weighted by Crippen LogP contribution is 2.21. The summed E-state index contributed by atoms with van der Waals surface area (Å²) in [5, 5.41) is 11.7. The van der Waals surface area contributed by atoms with Gasteiger partial charge < -0.3 is 10.4 Å². The molecule has 2 aromatic rings. The number of hydrogen-bond donors (Lipinski definition) is 2. The minimum Gasteiger partial charge on any atom is -0.478 e. The molecule has 0 unspecified atom stereocenters. The molecule has 1 amide bonds. The van der Waals surface area contributed by atoms with Crippen LogP contribution in [0.3, 0.4) is 0 Å².